The molecule has 4 rings (SSSR count). The van der Waals surface area contributed by atoms with E-state index < -0.39 is 0 Å². The van der Waals surface area contributed by atoms with Crippen LogP contribution in [0.15, 0.2) is 72.8 Å². The van der Waals surface area contributed by atoms with Crippen LogP contribution < -0.4 is 5.32 Å². The molecule has 3 aromatic carbocycles. The molecular weight excluding hydrogens is 356 g/mol. The van der Waals surface area contributed by atoms with Crippen LogP contribution in [0.5, 0.6) is 0 Å². The van der Waals surface area contributed by atoms with Crippen LogP contribution in [0.3, 0.4) is 0 Å². The molecule has 2 atom stereocenters. The molecule has 0 spiro atoms. The summed E-state index contributed by atoms with van der Waals surface area (Å²) in [4.78, 5) is 2.54. The second kappa shape index (κ2) is 11.1. The summed E-state index contributed by atoms with van der Waals surface area (Å²) in [6.07, 6.45) is 0. The maximum absolute atomic E-state index is 5.78. The molecule has 0 saturated carbocycles. The van der Waals surface area contributed by atoms with Crippen LogP contribution in [-0.2, 0) is 11.3 Å². The minimum atomic E-state index is 0. The number of hydrogen-bond donors (Lipinski definition) is 1. The summed E-state index contributed by atoms with van der Waals surface area (Å²) in [5.41, 5.74) is 2.73. The molecule has 1 aliphatic heterocycles. The molecule has 3 aromatic rings. The first-order valence-corrected chi connectivity index (χ1v) is 10.9. The summed E-state index contributed by atoms with van der Waals surface area (Å²) in [5, 5.41) is 6.39. The number of nitrogens with zero attached hydrogens (tertiary/aromatic N) is 1. The highest BCUT2D eigenvalue weighted by molar-refractivity contribution is 5.86. The van der Waals surface area contributed by atoms with E-state index in [1.54, 1.807) is 0 Å². The van der Waals surface area contributed by atoms with E-state index in [1.807, 2.05) is 13.8 Å². The average molecular weight is 393 g/mol. The predicted molar refractivity (Wildman–Crippen MR) is 125 cm³/mol. The highest BCUT2D eigenvalue weighted by atomic mass is 16.5. The van der Waals surface area contributed by atoms with Crippen molar-refractivity contribution in [2.24, 2.45) is 0 Å². The molecule has 3 heteroatoms. The molecule has 29 heavy (non-hydrogen) atoms. The van der Waals surface area contributed by atoms with Crippen molar-refractivity contribution < 1.29 is 6.16 Å². The van der Waals surface area contributed by atoms with Crippen molar-refractivity contribution in [3.05, 3.63) is 83.9 Å². The first kappa shape index (κ1) is 21.5. The molecule has 0 bridgehead atoms. The van der Waals surface area contributed by atoms with Crippen molar-refractivity contribution >= 4 is 10.8 Å². The Kier molecular flexibility index (Phi) is 8.24. The van der Waals surface area contributed by atoms with Gasteiger partial charge in [0.15, 0.2) is 0 Å². The van der Waals surface area contributed by atoms with Gasteiger partial charge in [0.05, 0.1) is 13.2 Å². The Balaban J connectivity index is 0.00000104. The number of fused-ring (bicyclic) bond motifs is 1. The van der Waals surface area contributed by atoms with Gasteiger partial charge in [-0.3, -0.25) is 4.90 Å². The van der Waals surface area contributed by atoms with E-state index in [0.717, 1.165) is 32.8 Å². The lowest BCUT2D eigenvalue weighted by Gasteiger charge is -2.36. The number of nitrogens with one attached hydrogen (secondary N) is 1. The Bertz CT molecular complexity index is 866. The van der Waals surface area contributed by atoms with Crippen molar-refractivity contribution in [1.82, 2.24) is 10.2 Å². The lowest BCUT2D eigenvalue weighted by molar-refractivity contribution is -0.0116. The van der Waals surface area contributed by atoms with Gasteiger partial charge >= 0.3 is 0 Å². The fourth-order valence-corrected chi connectivity index (χ4v) is 3.95. The van der Waals surface area contributed by atoms with Gasteiger partial charge in [-0.1, -0.05) is 86.6 Å². The summed E-state index contributed by atoms with van der Waals surface area (Å²) in [5.74, 6) is 0. The third kappa shape index (κ3) is 5.66. The summed E-state index contributed by atoms with van der Waals surface area (Å²) in [7, 11) is 0. The van der Waals surface area contributed by atoms with Crippen LogP contribution in [-0.4, -0.2) is 37.2 Å². The molecule has 1 fully saturated rings. The number of hydrogen-bond acceptors (Lipinski definition) is 3. The monoisotopic (exact) mass is 392 g/mol. The summed E-state index contributed by atoms with van der Waals surface area (Å²) in [6, 6.07) is 26.6. The average Bonchev–Trinajstić information content (AvgIpc) is 2.80. The maximum Gasteiger partial charge on any atom is 0.0635 e. The van der Waals surface area contributed by atoms with Gasteiger partial charge in [-0.15, -0.1) is 0 Å². The molecule has 1 aliphatic rings. The smallest absolute Gasteiger partial charge is 0.0635 e. The molecular formula is C26H36N2O. The van der Waals surface area contributed by atoms with Crippen molar-refractivity contribution in [2.45, 2.75) is 39.4 Å². The van der Waals surface area contributed by atoms with Gasteiger partial charge < -0.3 is 10.1 Å². The quantitative estimate of drug-likeness (QED) is 0.585. The summed E-state index contributed by atoms with van der Waals surface area (Å²) >= 11 is 0. The third-order valence-corrected chi connectivity index (χ3v) is 5.53. The van der Waals surface area contributed by atoms with Crippen molar-refractivity contribution in [3.63, 3.8) is 0 Å². The normalized spacial score (nSPS) is 18.1. The van der Waals surface area contributed by atoms with Crippen LogP contribution in [0.1, 0.15) is 39.4 Å². The summed E-state index contributed by atoms with van der Waals surface area (Å²) < 4.78 is 5.78. The Hall–Kier alpha value is -2.20. The van der Waals surface area contributed by atoms with Crippen LogP contribution >= 0.6 is 0 Å². The first-order valence-electron chi connectivity index (χ1n) is 10.9. The predicted octanol–water partition coefficient (Wildman–Crippen LogP) is 5.66. The molecule has 1 saturated heterocycles. The van der Waals surface area contributed by atoms with Crippen molar-refractivity contribution in [2.75, 3.05) is 26.3 Å². The van der Waals surface area contributed by atoms with E-state index in [4.69, 9.17) is 4.74 Å². The minimum absolute atomic E-state index is 0. The Morgan fingerprint density at radius 1 is 1.00 bits per heavy atom. The van der Waals surface area contributed by atoms with E-state index in [1.165, 1.54) is 21.9 Å². The second-order valence-electron chi connectivity index (χ2n) is 7.38. The second-order valence-corrected chi connectivity index (χ2v) is 7.38. The standard InChI is InChI=1S/C24H28N2O.C2H6.H2/c1-19(23-13-7-11-21-10-5-6-12-24(21)23)25-16-22-18-27-15-14-26(22)17-20-8-3-2-4-9-20;1-2;/h2-13,19,22,25H,14-18H2,1H3;1-2H3;1H/t19-,22?;;/m1../s1. The molecule has 1 heterocycles. The van der Waals surface area contributed by atoms with Gasteiger partial charge in [-0.05, 0) is 28.8 Å². The van der Waals surface area contributed by atoms with E-state index in [-0.39, 0.29) is 1.43 Å². The fourth-order valence-electron chi connectivity index (χ4n) is 3.95. The number of rotatable bonds is 6. The highest BCUT2D eigenvalue weighted by Gasteiger charge is 2.23. The topological polar surface area (TPSA) is 24.5 Å². The molecule has 0 aromatic heterocycles. The van der Waals surface area contributed by atoms with Gasteiger partial charge in [0, 0.05) is 33.1 Å². The number of morpholine rings is 1. The van der Waals surface area contributed by atoms with Crippen LogP contribution in [0.25, 0.3) is 10.8 Å². The molecule has 0 radical (unpaired) electrons. The maximum atomic E-state index is 5.78. The van der Waals surface area contributed by atoms with Crippen LogP contribution in [0.4, 0.5) is 0 Å². The highest BCUT2D eigenvalue weighted by Crippen LogP contribution is 2.24. The van der Waals surface area contributed by atoms with Crippen LogP contribution in [0, 0.1) is 0 Å². The molecule has 1 unspecified atom stereocenters. The van der Waals surface area contributed by atoms with Gasteiger partial charge in [0.25, 0.3) is 0 Å². The van der Waals surface area contributed by atoms with E-state index in [2.05, 4.69) is 89.9 Å². The van der Waals surface area contributed by atoms with Gasteiger partial charge in [-0.2, -0.15) is 0 Å². The van der Waals surface area contributed by atoms with E-state index >= 15 is 0 Å². The van der Waals surface area contributed by atoms with Gasteiger partial charge in [0.2, 0.25) is 0 Å². The van der Waals surface area contributed by atoms with Crippen molar-refractivity contribution in [1.29, 1.82) is 0 Å². The number of ether oxygens (including phenoxy) is 1. The molecule has 0 aliphatic carbocycles. The van der Waals surface area contributed by atoms with Crippen molar-refractivity contribution in [3.8, 4) is 0 Å². The van der Waals surface area contributed by atoms with E-state index in [9.17, 15) is 0 Å². The Labute approximate surface area is 177 Å². The third-order valence-electron chi connectivity index (χ3n) is 5.53. The lowest BCUT2D eigenvalue weighted by Crippen LogP contribution is -2.50. The molecule has 3 nitrogen and oxygen atoms in total. The van der Waals surface area contributed by atoms with Gasteiger partial charge in [0.1, 0.15) is 0 Å². The van der Waals surface area contributed by atoms with E-state index in [0.29, 0.717) is 12.1 Å². The molecule has 156 valence electrons. The Morgan fingerprint density at radius 3 is 2.55 bits per heavy atom. The Morgan fingerprint density at radius 2 is 1.72 bits per heavy atom. The fraction of sp³-hybridized carbons (Fsp3) is 0.385. The zero-order valence-corrected chi connectivity index (χ0v) is 18.0. The zero-order chi connectivity index (χ0) is 20.5. The first-order chi connectivity index (χ1) is 14.3. The SMILES string of the molecule is CC.C[C@@H](NCC1COCCN1Cc1ccccc1)c1cccc2ccccc12.[HH]. The zero-order valence-electron chi connectivity index (χ0n) is 18.0. The summed E-state index contributed by atoms with van der Waals surface area (Å²) in [6.45, 7) is 10.8. The number of benzene rings is 3. The largest absolute Gasteiger partial charge is 0.378 e. The van der Waals surface area contributed by atoms with Gasteiger partial charge in [-0.25, -0.2) is 0 Å². The molecule has 0 amide bonds. The molecule has 1 N–H and O–H groups in total. The minimum Gasteiger partial charge on any atom is -0.378 e. The lowest BCUT2D eigenvalue weighted by atomic mass is 9.99. The van der Waals surface area contributed by atoms with Crippen LogP contribution in [0.2, 0.25) is 0 Å².